The van der Waals surface area contributed by atoms with Gasteiger partial charge < -0.3 is 15.4 Å². The van der Waals surface area contributed by atoms with E-state index in [2.05, 4.69) is 0 Å². The smallest absolute Gasteiger partial charge is 0.235 e. The Hall–Kier alpha value is -0.680. The third-order valence-electron chi connectivity index (χ3n) is 3.34. The van der Waals surface area contributed by atoms with E-state index in [1.807, 2.05) is 18.7 Å². The van der Waals surface area contributed by atoms with E-state index in [1.54, 1.807) is 0 Å². The van der Waals surface area contributed by atoms with Crippen LogP contribution in [0, 0.1) is 5.41 Å². The number of rotatable bonds is 2. The number of thiocarbonyl (C=S) groups is 1. The Morgan fingerprint density at radius 3 is 2.50 bits per heavy atom. The van der Waals surface area contributed by atoms with Gasteiger partial charge in [-0.3, -0.25) is 4.79 Å². The SMILES string of the molecule is CC1(C)CN(C(=O)C2(C(N)=S)CC2)CCO1. The molecule has 0 aromatic carbocycles. The summed E-state index contributed by atoms with van der Waals surface area (Å²) >= 11 is 5.00. The molecule has 1 heterocycles. The van der Waals surface area contributed by atoms with E-state index in [0.29, 0.717) is 24.7 Å². The average molecular weight is 242 g/mol. The number of hydrogen-bond donors (Lipinski definition) is 1. The summed E-state index contributed by atoms with van der Waals surface area (Å²) in [5, 5.41) is 0. The highest BCUT2D eigenvalue weighted by atomic mass is 32.1. The van der Waals surface area contributed by atoms with Crippen LogP contribution < -0.4 is 5.73 Å². The minimum atomic E-state index is -0.525. The van der Waals surface area contributed by atoms with E-state index in [9.17, 15) is 4.79 Å². The van der Waals surface area contributed by atoms with Crippen LogP contribution in [-0.4, -0.2) is 41.1 Å². The highest BCUT2D eigenvalue weighted by Crippen LogP contribution is 2.47. The summed E-state index contributed by atoms with van der Waals surface area (Å²) in [6.07, 6.45) is 1.61. The van der Waals surface area contributed by atoms with Crippen LogP contribution in [0.4, 0.5) is 0 Å². The lowest BCUT2D eigenvalue weighted by Crippen LogP contribution is -2.54. The summed E-state index contributed by atoms with van der Waals surface area (Å²) in [6, 6.07) is 0. The molecule has 0 bridgehead atoms. The maximum absolute atomic E-state index is 12.3. The van der Waals surface area contributed by atoms with Gasteiger partial charge >= 0.3 is 0 Å². The standard InChI is InChI=1S/C11H18N2O2S/c1-10(2)7-13(5-6-15-10)9(14)11(3-4-11)8(12)16/h3-7H2,1-2H3,(H2,12,16). The zero-order valence-corrected chi connectivity index (χ0v) is 10.6. The van der Waals surface area contributed by atoms with Gasteiger partial charge in [-0.1, -0.05) is 12.2 Å². The van der Waals surface area contributed by atoms with Crippen molar-refractivity contribution in [3.63, 3.8) is 0 Å². The Bertz CT molecular complexity index is 337. The summed E-state index contributed by atoms with van der Waals surface area (Å²) in [6.45, 7) is 5.84. The van der Waals surface area contributed by atoms with E-state index in [1.165, 1.54) is 0 Å². The number of amides is 1. The van der Waals surface area contributed by atoms with Crippen LogP contribution >= 0.6 is 12.2 Å². The molecule has 0 aromatic rings. The Kier molecular flexibility index (Phi) is 2.70. The quantitative estimate of drug-likeness (QED) is 0.724. The summed E-state index contributed by atoms with van der Waals surface area (Å²) in [5.41, 5.74) is 4.87. The lowest BCUT2D eigenvalue weighted by Gasteiger charge is -2.39. The van der Waals surface area contributed by atoms with Gasteiger partial charge in [-0.2, -0.15) is 0 Å². The Balaban J connectivity index is 2.08. The van der Waals surface area contributed by atoms with Crippen molar-refractivity contribution in [2.24, 2.45) is 11.1 Å². The van der Waals surface area contributed by atoms with Gasteiger partial charge in [0.15, 0.2) is 0 Å². The molecule has 2 aliphatic rings. The maximum Gasteiger partial charge on any atom is 0.235 e. The molecule has 5 heteroatoms. The Morgan fingerprint density at radius 2 is 2.06 bits per heavy atom. The zero-order valence-electron chi connectivity index (χ0n) is 9.78. The van der Waals surface area contributed by atoms with Crippen LogP contribution in [0.25, 0.3) is 0 Å². The summed E-state index contributed by atoms with van der Waals surface area (Å²) in [7, 11) is 0. The van der Waals surface area contributed by atoms with Gasteiger partial charge in [-0.05, 0) is 26.7 Å². The van der Waals surface area contributed by atoms with Crippen LogP contribution in [0.15, 0.2) is 0 Å². The molecule has 0 radical (unpaired) electrons. The van der Waals surface area contributed by atoms with Gasteiger partial charge in [-0.25, -0.2) is 0 Å². The fourth-order valence-corrected chi connectivity index (χ4v) is 2.47. The van der Waals surface area contributed by atoms with Crippen LogP contribution in [0.2, 0.25) is 0 Å². The molecular formula is C11H18N2O2S. The topological polar surface area (TPSA) is 55.6 Å². The molecule has 1 saturated carbocycles. The van der Waals surface area contributed by atoms with Gasteiger partial charge in [0.2, 0.25) is 5.91 Å². The summed E-state index contributed by atoms with van der Waals surface area (Å²) < 4.78 is 5.58. The first-order valence-electron chi connectivity index (χ1n) is 5.61. The molecule has 90 valence electrons. The lowest BCUT2D eigenvalue weighted by molar-refractivity contribution is -0.149. The van der Waals surface area contributed by atoms with Gasteiger partial charge in [0.1, 0.15) is 0 Å². The number of ether oxygens (including phenoxy) is 1. The molecule has 0 spiro atoms. The number of nitrogens with two attached hydrogens (primary N) is 1. The zero-order chi connectivity index (χ0) is 12.0. The molecule has 2 rings (SSSR count). The maximum atomic E-state index is 12.3. The minimum absolute atomic E-state index is 0.0939. The first-order chi connectivity index (χ1) is 7.37. The number of morpholine rings is 1. The molecule has 1 aliphatic carbocycles. The van der Waals surface area contributed by atoms with E-state index in [0.717, 1.165) is 12.8 Å². The monoisotopic (exact) mass is 242 g/mol. The summed E-state index contributed by atoms with van der Waals surface area (Å²) in [5.74, 6) is 0.0939. The normalized spacial score (nSPS) is 26.2. The highest BCUT2D eigenvalue weighted by molar-refractivity contribution is 7.80. The number of carbonyl (C=O) groups is 1. The van der Waals surface area contributed by atoms with Crippen molar-refractivity contribution in [1.29, 1.82) is 0 Å². The van der Waals surface area contributed by atoms with E-state index in [4.69, 9.17) is 22.7 Å². The largest absolute Gasteiger partial charge is 0.392 e. The summed E-state index contributed by atoms with van der Waals surface area (Å²) in [4.78, 5) is 14.5. The number of nitrogens with zero attached hydrogens (tertiary/aromatic N) is 1. The first kappa shape index (κ1) is 11.8. The van der Waals surface area contributed by atoms with E-state index >= 15 is 0 Å². The van der Waals surface area contributed by atoms with Crippen molar-refractivity contribution >= 4 is 23.1 Å². The molecule has 0 unspecified atom stereocenters. The van der Waals surface area contributed by atoms with Crippen LogP contribution in [0.5, 0.6) is 0 Å². The molecule has 16 heavy (non-hydrogen) atoms. The fraction of sp³-hybridized carbons (Fsp3) is 0.818. The molecular weight excluding hydrogens is 224 g/mol. The van der Waals surface area contributed by atoms with Crippen molar-refractivity contribution in [3.8, 4) is 0 Å². The van der Waals surface area contributed by atoms with Crippen LogP contribution in [0.3, 0.4) is 0 Å². The predicted molar refractivity (Wildman–Crippen MR) is 65.1 cm³/mol. The second kappa shape index (κ2) is 3.67. The van der Waals surface area contributed by atoms with Crippen molar-refractivity contribution < 1.29 is 9.53 Å². The van der Waals surface area contributed by atoms with Crippen molar-refractivity contribution in [2.75, 3.05) is 19.7 Å². The first-order valence-corrected chi connectivity index (χ1v) is 6.01. The van der Waals surface area contributed by atoms with Crippen molar-refractivity contribution in [1.82, 2.24) is 4.90 Å². The van der Waals surface area contributed by atoms with Gasteiger partial charge in [0, 0.05) is 13.1 Å². The van der Waals surface area contributed by atoms with Gasteiger partial charge in [-0.15, -0.1) is 0 Å². The molecule has 0 atom stereocenters. The van der Waals surface area contributed by atoms with E-state index < -0.39 is 5.41 Å². The second-order valence-electron chi connectivity index (χ2n) is 5.28. The molecule has 2 N–H and O–H groups in total. The molecule has 2 fully saturated rings. The Morgan fingerprint density at radius 1 is 1.44 bits per heavy atom. The van der Waals surface area contributed by atoms with Crippen LogP contribution in [0.1, 0.15) is 26.7 Å². The highest BCUT2D eigenvalue weighted by Gasteiger charge is 2.55. The van der Waals surface area contributed by atoms with Crippen molar-refractivity contribution in [2.45, 2.75) is 32.3 Å². The third kappa shape index (κ3) is 1.94. The molecule has 1 saturated heterocycles. The van der Waals surface area contributed by atoms with Gasteiger partial charge in [0.25, 0.3) is 0 Å². The molecule has 4 nitrogen and oxygen atoms in total. The fourth-order valence-electron chi connectivity index (χ4n) is 2.18. The lowest BCUT2D eigenvalue weighted by atomic mass is 10.0. The molecule has 1 amide bonds. The second-order valence-corrected chi connectivity index (χ2v) is 5.72. The van der Waals surface area contributed by atoms with Crippen LogP contribution in [-0.2, 0) is 9.53 Å². The Labute approximate surface area is 101 Å². The predicted octanol–water partition coefficient (Wildman–Crippen LogP) is 0.690. The molecule has 0 aromatic heterocycles. The van der Waals surface area contributed by atoms with Gasteiger partial charge in [0.05, 0.1) is 22.6 Å². The molecule has 1 aliphatic heterocycles. The van der Waals surface area contributed by atoms with E-state index in [-0.39, 0.29) is 11.5 Å². The average Bonchev–Trinajstić information content (AvgIpc) is 2.95. The number of hydrogen-bond acceptors (Lipinski definition) is 3. The van der Waals surface area contributed by atoms with Crippen molar-refractivity contribution in [3.05, 3.63) is 0 Å². The minimum Gasteiger partial charge on any atom is -0.392 e. The third-order valence-corrected chi connectivity index (χ3v) is 3.73. The number of carbonyl (C=O) groups excluding carboxylic acids is 1.